The van der Waals surface area contributed by atoms with Gasteiger partial charge in [-0.15, -0.1) is 0 Å². The smallest absolute Gasteiger partial charge is 0.293 e. The van der Waals surface area contributed by atoms with Crippen LogP contribution in [-0.4, -0.2) is 16.8 Å². The first-order valence-corrected chi connectivity index (χ1v) is 7.15. The van der Waals surface area contributed by atoms with Crippen LogP contribution < -0.4 is 5.32 Å². The zero-order valence-corrected chi connectivity index (χ0v) is 12.5. The van der Waals surface area contributed by atoms with E-state index in [0.29, 0.717) is 10.6 Å². The van der Waals surface area contributed by atoms with E-state index >= 15 is 0 Å². The number of ketones is 1. The minimum Gasteiger partial charge on any atom is -0.507 e. The fraction of sp³-hybridized carbons (Fsp3) is 0.0588. The number of hydrogen-bond donors (Lipinski definition) is 2. The molecule has 4 nitrogen and oxygen atoms in total. The van der Waals surface area contributed by atoms with Crippen LogP contribution in [0.3, 0.4) is 0 Å². The van der Waals surface area contributed by atoms with Crippen molar-refractivity contribution in [1.29, 1.82) is 0 Å². The van der Waals surface area contributed by atoms with Crippen molar-refractivity contribution >= 4 is 29.1 Å². The molecule has 2 aromatic rings. The number of halogens is 2. The van der Waals surface area contributed by atoms with Crippen molar-refractivity contribution < 1.29 is 19.1 Å². The van der Waals surface area contributed by atoms with Crippen LogP contribution in [0, 0.1) is 5.82 Å². The third-order valence-electron chi connectivity index (χ3n) is 3.60. The van der Waals surface area contributed by atoms with Gasteiger partial charge < -0.3 is 10.4 Å². The van der Waals surface area contributed by atoms with Crippen LogP contribution in [0.15, 0.2) is 54.1 Å². The van der Waals surface area contributed by atoms with Gasteiger partial charge in [-0.05, 0) is 30.3 Å². The Morgan fingerprint density at radius 1 is 1.09 bits per heavy atom. The number of nitrogens with one attached hydrogen (secondary N) is 1. The molecule has 0 aromatic heterocycles. The van der Waals surface area contributed by atoms with E-state index in [2.05, 4.69) is 5.32 Å². The highest BCUT2D eigenvalue weighted by atomic mass is 35.5. The van der Waals surface area contributed by atoms with Gasteiger partial charge in [0.05, 0.1) is 11.6 Å². The van der Waals surface area contributed by atoms with Gasteiger partial charge in [-0.1, -0.05) is 29.8 Å². The minimum atomic E-state index is -1.04. The van der Waals surface area contributed by atoms with Gasteiger partial charge in [-0.3, -0.25) is 9.59 Å². The molecule has 1 heterocycles. The van der Waals surface area contributed by atoms with Crippen molar-refractivity contribution in [1.82, 2.24) is 5.32 Å². The molecule has 3 rings (SSSR count). The summed E-state index contributed by atoms with van der Waals surface area (Å²) < 4.78 is 14.0. The molecule has 1 amide bonds. The second-order valence-corrected chi connectivity index (χ2v) is 5.46. The van der Waals surface area contributed by atoms with Crippen molar-refractivity contribution in [2.45, 2.75) is 6.04 Å². The molecule has 116 valence electrons. The number of carbonyl (C=O) groups is 2. The van der Waals surface area contributed by atoms with Crippen LogP contribution in [0.4, 0.5) is 4.39 Å². The van der Waals surface area contributed by atoms with Crippen molar-refractivity contribution in [3.63, 3.8) is 0 Å². The van der Waals surface area contributed by atoms with Crippen LogP contribution in [0.1, 0.15) is 17.2 Å². The number of carbonyl (C=O) groups excluding carboxylic acids is 2. The molecule has 1 unspecified atom stereocenters. The van der Waals surface area contributed by atoms with Crippen LogP contribution in [-0.2, 0) is 9.59 Å². The van der Waals surface area contributed by atoms with E-state index < -0.39 is 23.5 Å². The number of hydrogen-bond acceptors (Lipinski definition) is 3. The molecular formula is C17H11ClFNO3. The fourth-order valence-corrected chi connectivity index (χ4v) is 2.60. The summed E-state index contributed by atoms with van der Waals surface area (Å²) in [6, 6.07) is 10.8. The summed E-state index contributed by atoms with van der Waals surface area (Å²) in [7, 11) is 0. The van der Waals surface area contributed by atoms with Crippen LogP contribution >= 0.6 is 11.6 Å². The number of rotatable bonds is 2. The molecule has 2 N–H and O–H groups in total. The van der Waals surface area contributed by atoms with Crippen molar-refractivity contribution in [3.8, 4) is 0 Å². The average molecular weight is 332 g/mol. The summed E-state index contributed by atoms with van der Waals surface area (Å²) in [4.78, 5) is 23.8. The molecule has 1 aliphatic heterocycles. The van der Waals surface area contributed by atoms with Crippen LogP contribution in [0.5, 0.6) is 0 Å². The van der Waals surface area contributed by atoms with E-state index in [1.807, 2.05) is 0 Å². The zero-order chi connectivity index (χ0) is 16.6. The molecule has 1 saturated heterocycles. The Balaban J connectivity index is 2.15. The summed E-state index contributed by atoms with van der Waals surface area (Å²) >= 11 is 5.79. The highest BCUT2D eigenvalue weighted by Crippen LogP contribution is 2.34. The Morgan fingerprint density at radius 3 is 2.39 bits per heavy atom. The van der Waals surface area contributed by atoms with Crippen LogP contribution in [0.25, 0.3) is 5.76 Å². The topological polar surface area (TPSA) is 66.4 Å². The first-order chi connectivity index (χ1) is 11.0. The largest absolute Gasteiger partial charge is 0.507 e. The molecule has 6 heteroatoms. The van der Waals surface area contributed by atoms with E-state index in [9.17, 15) is 19.1 Å². The molecule has 0 radical (unpaired) electrons. The van der Waals surface area contributed by atoms with Gasteiger partial charge in [-0.2, -0.15) is 0 Å². The fourth-order valence-electron chi connectivity index (χ4n) is 2.47. The summed E-state index contributed by atoms with van der Waals surface area (Å²) in [6.07, 6.45) is 0. The van der Waals surface area contributed by atoms with Gasteiger partial charge in [0, 0.05) is 16.1 Å². The summed E-state index contributed by atoms with van der Waals surface area (Å²) in [5.41, 5.74) is 0.250. The Labute approximate surface area is 136 Å². The number of benzene rings is 2. The lowest BCUT2D eigenvalue weighted by atomic mass is 9.95. The molecule has 1 atom stereocenters. The molecule has 2 aromatic carbocycles. The predicted molar refractivity (Wildman–Crippen MR) is 83.3 cm³/mol. The van der Waals surface area contributed by atoms with Crippen molar-refractivity contribution in [2.75, 3.05) is 0 Å². The molecule has 0 saturated carbocycles. The van der Waals surface area contributed by atoms with Gasteiger partial charge in [-0.25, -0.2) is 4.39 Å². The second kappa shape index (κ2) is 5.85. The number of Topliss-reactive ketones (excluding diaryl/α,β-unsaturated/α-hetero) is 1. The van der Waals surface area contributed by atoms with E-state index in [-0.39, 0.29) is 16.9 Å². The number of aliphatic hydroxyl groups excluding tert-OH is 1. The first kappa shape index (κ1) is 15.2. The molecule has 1 aliphatic rings. The van der Waals surface area contributed by atoms with Gasteiger partial charge in [0.2, 0.25) is 0 Å². The minimum absolute atomic E-state index is 0.113. The lowest BCUT2D eigenvalue weighted by molar-refractivity contribution is -0.133. The van der Waals surface area contributed by atoms with E-state index in [1.54, 1.807) is 18.2 Å². The molecule has 0 aliphatic carbocycles. The van der Waals surface area contributed by atoms with Crippen molar-refractivity contribution in [3.05, 3.63) is 76.1 Å². The summed E-state index contributed by atoms with van der Waals surface area (Å²) in [6.45, 7) is 0. The third kappa shape index (κ3) is 2.71. The quantitative estimate of drug-likeness (QED) is 0.504. The Hall–Kier alpha value is -2.66. The predicted octanol–water partition coefficient (Wildman–Crippen LogP) is 3.19. The van der Waals surface area contributed by atoms with E-state index in [0.717, 1.165) is 0 Å². The highest BCUT2D eigenvalue weighted by molar-refractivity contribution is 6.46. The number of amides is 1. The van der Waals surface area contributed by atoms with Gasteiger partial charge in [0.15, 0.2) is 0 Å². The maximum atomic E-state index is 14.0. The molecule has 23 heavy (non-hydrogen) atoms. The van der Waals surface area contributed by atoms with Crippen LogP contribution in [0.2, 0.25) is 5.02 Å². The molecule has 0 bridgehead atoms. The summed E-state index contributed by atoms with van der Waals surface area (Å²) in [5, 5.41) is 13.3. The summed E-state index contributed by atoms with van der Waals surface area (Å²) in [5.74, 6) is -2.72. The zero-order valence-electron chi connectivity index (χ0n) is 11.7. The van der Waals surface area contributed by atoms with Gasteiger partial charge in [0.25, 0.3) is 11.7 Å². The van der Waals surface area contributed by atoms with E-state index in [4.69, 9.17) is 11.6 Å². The normalized spacial score (nSPS) is 19.7. The molecule has 1 fully saturated rings. The van der Waals surface area contributed by atoms with E-state index in [1.165, 1.54) is 30.3 Å². The monoisotopic (exact) mass is 331 g/mol. The Morgan fingerprint density at radius 2 is 1.74 bits per heavy atom. The van der Waals surface area contributed by atoms with Gasteiger partial charge in [0.1, 0.15) is 11.6 Å². The first-order valence-electron chi connectivity index (χ1n) is 6.77. The SMILES string of the molecule is O=C1NC(c2ccccc2F)/C(=C(\O)c2ccc(Cl)cc2)C1=O. The standard InChI is InChI=1S/C17H11ClFNO3/c18-10-7-5-9(6-8-10)15(21)13-14(20-17(23)16(13)22)11-3-1-2-4-12(11)19/h1-8,14,21H,(H,20,23)/b15-13+. The van der Waals surface area contributed by atoms with Gasteiger partial charge >= 0.3 is 0 Å². The second-order valence-electron chi connectivity index (χ2n) is 5.03. The lowest BCUT2D eigenvalue weighted by Gasteiger charge is -2.14. The number of aliphatic hydroxyl groups is 1. The molecule has 0 spiro atoms. The third-order valence-corrected chi connectivity index (χ3v) is 3.86. The molecular weight excluding hydrogens is 321 g/mol. The lowest BCUT2D eigenvalue weighted by Crippen LogP contribution is -2.21. The van der Waals surface area contributed by atoms with Crippen molar-refractivity contribution in [2.24, 2.45) is 0 Å². The average Bonchev–Trinajstić information content (AvgIpc) is 2.83. The maximum Gasteiger partial charge on any atom is 0.293 e. The Bertz CT molecular complexity index is 830. The maximum absolute atomic E-state index is 14.0. The highest BCUT2D eigenvalue weighted by Gasteiger charge is 2.40. The Kier molecular flexibility index (Phi) is 3.88.